The summed E-state index contributed by atoms with van der Waals surface area (Å²) in [5, 5.41) is 0. The van der Waals surface area contributed by atoms with Crippen molar-refractivity contribution in [3.63, 3.8) is 0 Å². The third kappa shape index (κ3) is 2.41. The molecule has 1 spiro atoms. The van der Waals surface area contributed by atoms with Gasteiger partial charge in [-0.3, -0.25) is 4.90 Å². The Morgan fingerprint density at radius 3 is 2.95 bits per heavy atom. The van der Waals surface area contributed by atoms with Gasteiger partial charge in [-0.2, -0.15) is 0 Å². The monoisotopic (exact) mass is 324 g/mol. The van der Waals surface area contributed by atoms with Crippen LogP contribution in [0.5, 0.6) is 5.75 Å². The molecule has 4 heteroatoms. The highest BCUT2D eigenvalue weighted by Crippen LogP contribution is 2.43. The van der Waals surface area contributed by atoms with E-state index >= 15 is 0 Å². The van der Waals surface area contributed by atoms with Crippen LogP contribution in [0.15, 0.2) is 22.7 Å². The number of hydrogen-bond donors (Lipinski definition) is 1. The van der Waals surface area contributed by atoms with Crippen molar-refractivity contribution in [1.82, 2.24) is 4.90 Å². The summed E-state index contributed by atoms with van der Waals surface area (Å²) in [6.07, 6.45) is 2.00. The molecule has 104 valence electrons. The average Bonchev–Trinajstić information content (AvgIpc) is 2.72. The lowest BCUT2D eigenvalue weighted by atomic mass is 9.87. The fraction of sp³-hybridized carbons (Fsp3) is 0.600. The molecule has 2 atom stereocenters. The molecule has 0 aliphatic carbocycles. The minimum Gasteiger partial charge on any atom is -0.485 e. The number of halogens is 1. The Bertz CT molecular complexity index is 491. The van der Waals surface area contributed by atoms with Gasteiger partial charge in [0.25, 0.3) is 0 Å². The molecule has 0 saturated carbocycles. The summed E-state index contributed by atoms with van der Waals surface area (Å²) in [4.78, 5) is 2.48. The van der Waals surface area contributed by atoms with Gasteiger partial charge in [-0.25, -0.2) is 0 Å². The van der Waals surface area contributed by atoms with Crippen LogP contribution >= 0.6 is 15.9 Å². The maximum absolute atomic E-state index is 6.36. The van der Waals surface area contributed by atoms with Gasteiger partial charge in [0.15, 0.2) is 0 Å². The Kier molecular flexibility index (Phi) is 3.36. The SMILES string of the molecule is CC(C)N1CCC2(C[C@H](N)c3ccc(Br)cc3O2)C1. The predicted octanol–water partition coefficient (Wildman–Crippen LogP) is 3.08. The van der Waals surface area contributed by atoms with Gasteiger partial charge in [0.1, 0.15) is 11.4 Å². The highest BCUT2D eigenvalue weighted by molar-refractivity contribution is 9.10. The minimum absolute atomic E-state index is 0.0858. The van der Waals surface area contributed by atoms with Crippen molar-refractivity contribution in [2.24, 2.45) is 5.73 Å². The number of fused-ring (bicyclic) bond motifs is 1. The van der Waals surface area contributed by atoms with Crippen LogP contribution in [0.2, 0.25) is 0 Å². The minimum atomic E-state index is -0.0858. The quantitative estimate of drug-likeness (QED) is 0.862. The van der Waals surface area contributed by atoms with E-state index in [9.17, 15) is 0 Å². The molecule has 0 bridgehead atoms. The van der Waals surface area contributed by atoms with E-state index in [0.717, 1.165) is 41.7 Å². The standard InChI is InChI=1S/C15H21BrN2O/c1-10(2)18-6-5-15(9-18)8-13(17)12-4-3-11(16)7-14(12)19-15/h3-4,7,10,13H,5-6,8-9,17H2,1-2H3/t13-,15?/m0/s1. The zero-order valence-corrected chi connectivity index (χ0v) is 13.1. The van der Waals surface area contributed by atoms with Gasteiger partial charge < -0.3 is 10.5 Å². The second-order valence-electron chi connectivity index (χ2n) is 6.09. The fourth-order valence-electron chi connectivity index (χ4n) is 3.25. The van der Waals surface area contributed by atoms with Crippen LogP contribution in [-0.2, 0) is 0 Å². The van der Waals surface area contributed by atoms with Crippen LogP contribution < -0.4 is 10.5 Å². The predicted molar refractivity (Wildman–Crippen MR) is 80.4 cm³/mol. The number of hydrogen-bond acceptors (Lipinski definition) is 3. The summed E-state index contributed by atoms with van der Waals surface area (Å²) < 4.78 is 7.41. The van der Waals surface area contributed by atoms with Gasteiger partial charge in [-0.1, -0.05) is 22.0 Å². The largest absolute Gasteiger partial charge is 0.485 e. The Morgan fingerprint density at radius 2 is 2.26 bits per heavy atom. The van der Waals surface area contributed by atoms with Crippen molar-refractivity contribution in [3.05, 3.63) is 28.2 Å². The molecule has 2 heterocycles. The van der Waals surface area contributed by atoms with Gasteiger partial charge in [0.2, 0.25) is 0 Å². The number of nitrogens with two attached hydrogens (primary N) is 1. The third-order valence-electron chi connectivity index (χ3n) is 4.37. The van der Waals surface area contributed by atoms with Crippen molar-refractivity contribution < 1.29 is 4.74 Å². The van der Waals surface area contributed by atoms with E-state index in [2.05, 4.69) is 40.7 Å². The van der Waals surface area contributed by atoms with Gasteiger partial charge in [-0.05, 0) is 26.0 Å². The smallest absolute Gasteiger partial charge is 0.126 e. The Labute approximate surface area is 123 Å². The van der Waals surface area contributed by atoms with Gasteiger partial charge >= 0.3 is 0 Å². The number of ether oxygens (including phenoxy) is 1. The van der Waals surface area contributed by atoms with E-state index in [4.69, 9.17) is 10.5 Å². The zero-order chi connectivity index (χ0) is 13.6. The van der Waals surface area contributed by atoms with Crippen LogP contribution in [0.3, 0.4) is 0 Å². The molecule has 1 aromatic rings. The summed E-state index contributed by atoms with van der Waals surface area (Å²) in [5.41, 5.74) is 7.41. The zero-order valence-electron chi connectivity index (χ0n) is 11.5. The Balaban J connectivity index is 1.88. The fourth-order valence-corrected chi connectivity index (χ4v) is 3.59. The first-order valence-corrected chi connectivity index (χ1v) is 7.76. The topological polar surface area (TPSA) is 38.5 Å². The summed E-state index contributed by atoms with van der Waals surface area (Å²) in [5.74, 6) is 0.957. The first-order chi connectivity index (χ1) is 8.99. The second kappa shape index (κ2) is 4.76. The summed E-state index contributed by atoms with van der Waals surface area (Å²) >= 11 is 3.51. The Morgan fingerprint density at radius 1 is 1.47 bits per heavy atom. The highest BCUT2D eigenvalue weighted by atomic mass is 79.9. The maximum atomic E-state index is 6.36. The van der Waals surface area contributed by atoms with Crippen molar-refractivity contribution >= 4 is 15.9 Å². The molecular weight excluding hydrogens is 304 g/mol. The molecule has 2 aliphatic heterocycles. The highest BCUT2D eigenvalue weighted by Gasteiger charge is 2.45. The van der Waals surface area contributed by atoms with Crippen molar-refractivity contribution in [2.45, 2.75) is 44.4 Å². The van der Waals surface area contributed by atoms with Crippen molar-refractivity contribution in [1.29, 1.82) is 0 Å². The molecule has 1 fully saturated rings. The van der Waals surface area contributed by atoms with E-state index in [1.165, 1.54) is 0 Å². The molecule has 2 N–H and O–H groups in total. The normalized spacial score (nSPS) is 30.7. The molecule has 19 heavy (non-hydrogen) atoms. The number of rotatable bonds is 1. The van der Waals surface area contributed by atoms with Crippen molar-refractivity contribution in [3.8, 4) is 5.75 Å². The van der Waals surface area contributed by atoms with Crippen molar-refractivity contribution in [2.75, 3.05) is 13.1 Å². The summed E-state index contributed by atoms with van der Waals surface area (Å²) in [6, 6.07) is 6.82. The lowest BCUT2D eigenvalue weighted by Crippen LogP contribution is -2.46. The van der Waals surface area contributed by atoms with Gasteiger partial charge in [0, 0.05) is 48.1 Å². The molecule has 3 rings (SSSR count). The lowest BCUT2D eigenvalue weighted by Gasteiger charge is -2.39. The van der Waals surface area contributed by atoms with Gasteiger partial charge in [0.05, 0.1) is 0 Å². The number of likely N-dealkylation sites (tertiary alicyclic amines) is 1. The maximum Gasteiger partial charge on any atom is 0.126 e. The molecule has 2 aliphatic rings. The first-order valence-electron chi connectivity index (χ1n) is 6.97. The van der Waals surface area contributed by atoms with Crippen LogP contribution in [0.1, 0.15) is 38.3 Å². The van der Waals surface area contributed by atoms with E-state index in [1.807, 2.05) is 12.1 Å². The molecule has 0 aromatic heterocycles. The second-order valence-corrected chi connectivity index (χ2v) is 7.01. The third-order valence-corrected chi connectivity index (χ3v) is 4.86. The van der Waals surface area contributed by atoms with Crippen LogP contribution in [-0.4, -0.2) is 29.6 Å². The lowest BCUT2D eigenvalue weighted by molar-refractivity contribution is 0.0409. The molecular formula is C15H21BrN2O. The molecule has 1 saturated heterocycles. The molecule has 0 amide bonds. The van der Waals surface area contributed by atoms with E-state index in [1.54, 1.807) is 0 Å². The van der Waals surface area contributed by atoms with Crippen LogP contribution in [0, 0.1) is 0 Å². The summed E-state index contributed by atoms with van der Waals surface area (Å²) in [7, 11) is 0. The Hall–Kier alpha value is -0.580. The van der Waals surface area contributed by atoms with E-state index in [-0.39, 0.29) is 11.6 Å². The molecule has 0 radical (unpaired) electrons. The molecule has 3 nitrogen and oxygen atoms in total. The van der Waals surface area contributed by atoms with E-state index in [0.29, 0.717) is 6.04 Å². The number of nitrogens with zero attached hydrogens (tertiary/aromatic N) is 1. The summed E-state index contributed by atoms with van der Waals surface area (Å²) in [6.45, 7) is 6.58. The van der Waals surface area contributed by atoms with Crippen LogP contribution in [0.25, 0.3) is 0 Å². The molecule has 1 aromatic carbocycles. The average molecular weight is 325 g/mol. The number of benzene rings is 1. The molecule has 1 unspecified atom stereocenters. The first kappa shape index (κ1) is 13.4. The van der Waals surface area contributed by atoms with E-state index < -0.39 is 0 Å². The van der Waals surface area contributed by atoms with Crippen LogP contribution in [0.4, 0.5) is 0 Å². The van der Waals surface area contributed by atoms with Gasteiger partial charge in [-0.15, -0.1) is 0 Å².